The van der Waals surface area contributed by atoms with E-state index in [4.69, 9.17) is 10.5 Å². The van der Waals surface area contributed by atoms with Crippen LogP contribution in [0.2, 0.25) is 0 Å². The van der Waals surface area contributed by atoms with Gasteiger partial charge >= 0.3 is 0 Å². The summed E-state index contributed by atoms with van der Waals surface area (Å²) < 4.78 is 9.22. The zero-order valence-electron chi connectivity index (χ0n) is 10.6. The standard InChI is InChI=1S/C14H11Br2N3O/c1-20-13-5-3-9(16)7-12(13)19-11-6-8(15)2-4-10(11)18-14(19)17/h2-7H,1H3,(H2,17,18). The van der Waals surface area contributed by atoms with Crippen LogP contribution in [0, 0.1) is 0 Å². The van der Waals surface area contributed by atoms with Crippen LogP contribution >= 0.6 is 31.9 Å². The molecule has 0 fully saturated rings. The second kappa shape index (κ2) is 5.10. The average molecular weight is 397 g/mol. The van der Waals surface area contributed by atoms with E-state index in [9.17, 15) is 0 Å². The monoisotopic (exact) mass is 395 g/mol. The molecule has 102 valence electrons. The van der Waals surface area contributed by atoms with E-state index in [0.717, 1.165) is 31.4 Å². The van der Waals surface area contributed by atoms with Crippen molar-refractivity contribution < 1.29 is 4.74 Å². The lowest BCUT2D eigenvalue weighted by Gasteiger charge is -2.12. The Morgan fingerprint density at radius 3 is 2.55 bits per heavy atom. The van der Waals surface area contributed by atoms with Crippen molar-refractivity contribution in [3.8, 4) is 11.4 Å². The summed E-state index contributed by atoms with van der Waals surface area (Å²) in [4.78, 5) is 4.38. The molecule has 2 aromatic carbocycles. The molecule has 0 saturated heterocycles. The maximum Gasteiger partial charge on any atom is 0.206 e. The molecule has 6 heteroatoms. The maximum atomic E-state index is 6.07. The van der Waals surface area contributed by atoms with Gasteiger partial charge in [-0.15, -0.1) is 0 Å². The smallest absolute Gasteiger partial charge is 0.206 e. The highest BCUT2D eigenvalue weighted by Crippen LogP contribution is 2.32. The highest BCUT2D eigenvalue weighted by molar-refractivity contribution is 9.10. The van der Waals surface area contributed by atoms with Crippen LogP contribution in [-0.2, 0) is 0 Å². The summed E-state index contributed by atoms with van der Waals surface area (Å²) in [6, 6.07) is 11.6. The van der Waals surface area contributed by atoms with E-state index in [-0.39, 0.29) is 0 Å². The summed E-state index contributed by atoms with van der Waals surface area (Å²) in [7, 11) is 1.64. The van der Waals surface area contributed by atoms with Gasteiger partial charge in [-0.2, -0.15) is 0 Å². The number of imidazole rings is 1. The van der Waals surface area contributed by atoms with Gasteiger partial charge < -0.3 is 10.5 Å². The van der Waals surface area contributed by atoms with Crippen LogP contribution < -0.4 is 10.5 Å². The minimum absolute atomic E-state index is 0.425. The number of aromatic nitrogens is 2. The van der Waals surface area contributed by atoms with Crippen molar-refractivity contribution in [1.82, 2.24) is 9.55 Å². The number of nitrogens with zero attached hydrogens (tertiary/aromatic N) is 2. The number of halogens is 2. The van der Waals surface area contributed by atoms with Crippen LogP contribution in [0.25, 0.3) is 16.7 Å². The zero-order valence-corrected chi connectivity index (χ0v) is 13.8. The van der Waals surface area contributed by atoms with Crippen LogP contribution in [-0.4, -0.2) is 16.7 Å². The Bertz CT molecular complexity index is 798. The van der Waals surface area contributed by atoms with E-state index in [2.05, 4.69) is 36.8 Å². The predicted octanol–water partition coefficient (Wildman–Crippen LogP) is 4.14. The number of hydrogen-bond acceptors (Lipinski definition) is 3. The van der Waals surface area contributed by atoms with Crippen LogP contribution in [0.3, 0.4) is 0 Å². The van der Waals surface area contributed by atoms with Crippen molar-refractivity contribution in [2.24, 2.45) is 0 Å². The lowest BCUT2D eigenvalue weighted by molar-refractivity contribution is 0.413. The van der Waals surface area contributed by atoms with Gasteiger partial charge in [-0.1, -0.05) is 31.9 Å². The maximum absolute atomic E-state index is 6.07. The quantitative estimate of drug-likeness (QED) is 0.708. The SMILES string of the molecule is COc1ccc(Br)cc1-n1c(N)nc2ccc(Br)cc21. The lowest BCUT2D eigenvalue weighted by atomic mass is 10.2. The molecule has 3 aromatic rings. The van der Waals surface area contributed by atoms with Crippen molar-refractivity contribution in [2.75, 3.05) is 12.8 Å². The molecule has 20 heavy (non-hydrogen) atoms. The largest absolute Gasteiger partial charge is 0.495 e. The normalized spacial score (nSPS) is 10.9. The molecular formula is C14H11Br2N3O. The minimum atomic E-state index is 0.425. The van der Waals surface area contributed by atoms with Gasteiger partial charge in [-0.05, 0) is 36.4 Å². The van der Waals surface area contributed by atoms with Crippen molar-refractivity contribution in [3.63, 3.8) is 0 Å². The molecule has 0 aliphatic carbocycles. The fourth-order valence-corrected chi connectivity index (χ4v) is 2.86. The molecule has 4 nitrogen and oxygen atoms in total. The molecule has 1 heterocycles. The van der Waals surface area contributed by atoms with Gasteiger partial charge in [0.15, 0.2) is 0 Å². The zero-order chi connectivity index (χ0) is 14.3. The van der Waals surface area contributed by atoms with Crippen molar-refractivity contribution in [2.45, 2.75) is 0 Å². The molecule has 3 rings (SSSR count). The second-order valence-electron chi connectivity index (χ2n) is 4.25. The second-order valence-corrected chi connectivity index (χ2v) is 6.09. The number of nitrogens with two attached hydrogens (primary N) is 1. The Morgan fingerprint density at radius 1 is 1.10 bits per heavy atom. The molecule has 0 atom stereocenters. The molecular weight excluding hydrogens is 386 g/mol. The first-order chi connectivity index (χ1) is 9.60. The van der Waals surface area contributed by atoms with E-state index < -0.39 is 0 Å². The fraction of sp³-hybridized carbons (Fsp3) is 0.0714. The molecule has 0 unspecified atom stereocenters. The summed E-state index contributed by atoms with van der Waals surface area (Å²) in [5.74, 6) is 1.16. The number of nitrogen functional groups attached to an aromatic ring is 1. The first-order valence-corrected chi connectivity index (χ1v) is 7.46. The van der Waals surface area contributed by atoms with Gasteiger partial charge in [0.25, 0.3) is 0 Å². The van der Waals surface area contributed by atoms with Gasteiger partial charge in [-0.25, -0.2) is 4.98 Å². The third kappa shape index (κ3) is 2.19. The number of benzene rings is 2. The van der Waals surface area contributed by atoms with E-state index in [1.165, 1.54) is 0 Å². The third-order valence-corrected chi connectivity index (χ3v) is 4.01. The summed E-state index contributed by atoms with van der Waals surface area (Å²) >= 11 is 6.95. The first-order valence-electron chi connectivity index (χ1n) is 5.87. The first kappa shape index (κ1) is 13.5. The molecule has 0 radical (unpaired) electrons. The predicted molar refractivity (Wildman–Crippen MR) is 87.4 cm³/mol. The molecule has 0 amide bonds. The van der Waals surface area contributed by atoms with E-state index >= 15 is 0 Å². The third-order valence-electron chi connectivity index (χ3n) is 3.02. The summed E-state index contributed by atoms with van der Waals surface area (Å²) in [6.07, 6.45) is 0. The summed E-state index contributed by atoms with van der Waals surface area (Å²) in [5, 5.41) is 0. The number of anilines is 1. The Hall–Kier alpha value is -1.53. The van der Waals surface area contributed by atoms with Gasteiger partial charge in [0, 0.05) is 8.95 Å². The number of rotatable bonds is 2. The Balaban J connectivity index is 2.37. The van der Waals surface area contributed by atoms with E-state index in [0.29, 0.717) is 5.95 Å². The van der Waals surface area contributed by atoms with Crippen molar-refractivity contribution >= 4 is 48.8 Å². The van der Waals surface area contributed by atoms with Gasteiger partial charge in [0.2, 0.25) is 5.95 Å². The van der Waals surface area contributed by atoms with E-state index in [1.54, 1.807) is 7.11 Å². The Kier molecular flexibility index (Phi) is 3.43. The molecule has 0 aliphatic heterocycles. The number of ether oxygens (including phenoxy) is 1. The molecule has 0 bridgehead atoms. The number of methoxy groups -OCH3 is 1. The number of fused-ring (bicyclic) bond motifs is 1. The highest BCUT2D eigenvalue weighted by Gasteiger charge is 2.14. The Labute approximate surface area is 132 Å². The van der Waals surface area contributed by atoms with Gasteiger partial charge in [-0.3, -0.25) is 4.57 Å². The Morgan fingerprint density at radius 2 is 1.80 bits per heavy atom. The molecule has 2 N–H and O–H groups in total. The van der Waals surface area contributed by atoms with Gasteiger partial charge in [0.05, 0.1) is 23.8 Å². The molecule has 0 aliphatic rings. The number of hydrogen-bond donors (Lipinski definition) is 1. The summed E-state index contributed by atoms with van der Waals surface area (Å²) in [5.41, 5.74) is 8.69. The van der Waals surface area contributed by atoms with Gasteiger partial charge in [0.1, 0.15) is 5.75 Å². The molecule has 0 saturated carbocycles. The molecule has 0 spiro atoms. The molecule has 1 aromatic heterocycles. The minimum Gasteiger partial charge on any atom is -0.495 e. The lowest BCUT2D eigenvalue weighted by Crippen LogP contribution is -2.02. The van der Waals surface area contributed by atoms with E-state index in [1.807, 2.05) is 41.0 Å². The van der Waals surface area contributed by atoms with Crippen molar-refractivity contribution in [1.29, 1.82) is 0 Å². The fourth-order valence-electron chi connectivity index (χ4n) is 2.16. The summed E-state index contributed by atoms with van der Waals surface area (Å²) in [6.45, 7) is 0. The van der Waals surface area contributed by atoms with Crippen LogP contribution in [0.5, 0.6) is 5.75 Å². The van der Waals surface area contributed by atoms with Crippen LogP contribution in [0.15, 0.2) is 45.3 Å². The van der Waals surface area contributed by atoms with Crippen molar-refractivity contribution in [3.05, 3.63) is 45.3 Å². The van der Waals surface area contributed by atoms with Crippen LogP contribution in [0.4, 0.5) is 5.95 Å². The average Bonchev–Trinajstić information content (AvgIpc) is 2.74. The highest BCUT2D eigenvalue weighted by atomic mass is 79.9. The topological polar surface area (TPSA) is 53.1 Å². The van der Waals surface area contributed by atoms with Crippen LogP contribution in [0.1, 0.15) is 0 Å².